The van der Waals surface area contributed by atoms with Crippen LogP contribution in [0.4, 0.5) is 0 Å². The van der Waals surface area contributed by atoms with E-state index in [1.54, 1.807) is 24.3 Å². The first-order chi connectivity index (χ1) is 13.5. The number of nitrogens with one attached hydrogen (secondary N) is 1. The van der Waals surface area contributed by atoms with Gasteiger partial charge in [-0.15, -0.1) is 5.10 Å². The molecular formula is C20H20N4O4. The van der Waals surface area contributed by atoms with Gasteiger partial charge in [-0.1, -0.05) is 37.3 Å². The van der Waals surface area contributed by atoms with Crippen LogP contribution < -0.4 is 20.3 Å². The summed E-state index contributed by atoms with van der Waals surface area (Å²) in [7, 11) is 0. The second-order valence-corrected chi connectivity index (χ2v) is 6.95. The van der Waals surface area contributed by atoms with E-state index in [-0.39, 0.29) is 24.2 Å². The molecule has 0 aliphatic carbocycles. The van der Waals surface area contributed by atoms with Gasteiger partial charge in [0.25, 0.3) is 5.56 Å². The number of benzene rings is 2. The molecule has 1 N–H and O–H groups in total. The number of rotatable bonds is 5. The number of amides is 1. The summed E-state index contributed by atoms with van der Waals surface area (Å²) in [5, 5.41) is 11.4. The Hall–Kier alpha value is -3.42. The van der Waals surface area contributed by atoms with E-state index in [0.29, 0.717) is 28.9 Å². The molecule has 0 bridgehead atoms. The highest BCUT2D eigenvalue weighted by molar-refractivity contribution is 5.81. The molecule has 28 heavy (non-hydrogen) atoms. The Morgan fingerprint density at radius 3 is 2.79 bits per heavy atom. The molecule has 1 aliphatic heterocycles. The minimum Gasteiger partial charge on any atom is -0.454 e. The normalized spacial score (nSPS) is 13.7. The summed E-state index contributed by atoms with van der Waals surface area (Å²) in [6.07, 6.45) is 0. The molecule has 1 aromatic heterocycles. The number of ether oxygens (including phenoxy) is 2. The summed E-state index contributed by atoms with van der Waals surface area (Å²) < 4.78 is 11.8. The van der Waals surface area contributed by atoms with Crippen molar-refractivity contribution < 1.29 is 14.3 Å². The first kappa shape index (κ1) is 18.0. The zero-order valence-electron chi connectivity index (χ0n) is 15.6. The summed E-state index contributed by atoms with van der Waals surface area (Å²) in [6.45, 7) is 4.24. The van der Waals surface area contributed by atoms with Gasteiger partial charge < -0.3 is 14.8 Å². The standard InChI is InChI=1S/C20H20N4O4/c1-12(2)18(24-20(26)14-5-3-4-6-15(14)22-23-24)19(25)21-10-13-7-8-16-17(9-13)28-11-27-16/h3-9,12,18H,10-11H2,1-2H3,(H,21,25)/t18-/m0/s1. The zero-order valence-corrected chi connectivity index (χ0v) is 15.6. The van der Waals surface area contributed by atoms with Crippen molar-refractivity contribution in [3.63, 3.8) is 0 Å². The number of hydrogen-bond acceptors (Lipinski definition) is 6. The van der Waals surface area contributed by atoms with Crippen LogP contribution in [-0.2, 0) is 11.3 Å². The molecule has 2 aromatic carbocycles. The highest BCUT2D eigenvalue weighted by Gasteiger charge is 2.27. The van der Waals surface area contributed by atoms with E-state index in [0.717, 1.165) is 5.56 Å². The Morgan fingerprint density at radius 2 is 1.96 bits per heavy atom. The van der Waals surface area contributed by atoms with Gasteiger partial charge in [-0.05, 0) is 35.7 Å². The molecule has 0 spiro atoms. The summed E-state index contributed by atoms with van der Waals surface area (Å²) in [5.41, 5.74) is 1.05. The van der Waals surface area contributed by atoms with Gasteiger partial charge in [-0.3, -0.25) is 9.59 Å². The monoisotopic (exact) mass is 380 g/mol. The van der Waals surface area contributed by atoms with Gasteiger partial charge in [-0.25, -0.2) is 0 Å². The first-order valence-corrected chi connectivity index (χ1v) is 9.05. The largest absolute Gasteiger partial charge is 0.454 e. The fourth-order valence-electron chi connectivity index (χ4n) is 3.22. The summed E-state index contributed by atoms with van der Waals surface area (Å²) >= 11 is 0. The maximum atomic E-state index is 12.9. The topological polar surface area (TPSA) is 95.3 Å². The number of carbonyl (C=O) groups excluding carboxylic acids is 1. The molecule has 8 heteroatoms. The third kappa shape index (κ3) is 3.28. The van der Waals surface area contributed by atoms with E-state index < -0.39 is 6.04 Å². The third-order valence-electron chi connectivity index (χ3n) is 4.66. The van der Waals surface area contributed by atoms with E-state index in [2.05, 4.69) is 15.6 Å². The molecule has 1 aliphatic rings. The fourth-order valence-corrected chi connectivity index (χ4v) is 3.22. The van der Waals surface area contributed by atoms with Gasteiger partial charge >= 0.3 is 0 Å². The van der Waals surface area contributed by atoms with Gasteiger partial charge in [0.15, 0.2) is 11.5 Å². The third-order valence-corrected chi connectivity index (χ3v) is 4.66. The molecule has 0 fully saturated rings. The quantitative estimate of drug-likeness (QED) is 0.728. The van der Waals surface area contributed by atoms with Crippen molar-refractivity contribution in [2.24, 2.45) is 5.92 Å². The molecule has 144 valence electrons. The minimum absolute atomic E-state index is 0.148. The maximum Gasteiger partial charge on any atom is 0.278 e. The van der Waals surface area contributed by atoms with Gasteiger partial charge in [0.05, 0.1) is 5.39 Å². The van der Waals surface area contributed by atoms with Gasteiger partial charge in [0.1, 0.15) is 11.6 Å². The van der Waals surface area contributed by atoms with E-state index in [1.807, 2.05) is 32.0 Å². The van der Waals surface area contributed by atoms with Crippen molar-refractivity contribution in [3.05, 3.63) is 58.4 Å². The predicted octanol–water partition coefficient (Wildman–Crippen LogP) is 2.03. The molecule has 2 heterocycles. The van der Waals surface area contributed by atoms with E-state index in [4.69, 9.17) is 9.47 Å². The fraction of sp³-hybridized carbons (Fsp3) is 0.300. The number of fused-ring (bicyclic) bond motifs is 2. The van der Waals surface area contributed by atoms with Crippen LogP contribution in [0, 0.1) is 5.92 Å². The Morgan fingerprint density at radius 1 is 1.18 bits per heavy atom. The van der Waals surface area contributed by atoms with Crippen LogP contribution in [0.5, 0.6) is 11.5 Å². The lowest BCUT2D eigenvalue weighted by molar-refractivity contribution is -0.126. The molecule has 1 amide bonds. The van der Waals surface area contributed by atoms with Crippen molar-refractivity contribution in [2.75, 3.05) is 6.79 Å². The average Bonchev–Trinajstić information content (AvgIpc) is 3.16. The Labute approximate surface area is 161 Å². The highest BCUT2D eigenvalue weighted by atomic mass is 16.7. The Kier molecular flexibility index (Phi) is 4.68. The molecular weight excluding hydrogens is 360 g/mol. The van der Waals surface area contributed by atoms with Crippen molar-refractivity contribution in [3.8, 4) is 11.5 Å². The second kappa shape index (κ2) is 7.30. The molecule has 8 nitrogen and oxygen atoms in total. The SMILES string of the molecule is CC(C)[C@@H](C(=O)NCc1ccc2c(c1)OCO2)n1nnc2ccccc2c1=O. The minimum atomic E-state index is -0.765. The number of carbonyl (C=O) groups is 1. The Bertz CT molecular complexity index is 1090. The zero-order chi connectivity index (χ0) is 19.7. The Balaban J connectivity index is 1.57. The van der Waals surface area contributed by atoms with Crippen molar-refractivity contribution >= 4 is 16.8 Å². The number of nitrogens with zero attached hydrogens (tertiary/aromatic N) is 3. The molecule has 4 rings (SSSR count). The lowest BCUT2D eigenvalue weighted by Crippen LogP contribution is -2.41. The molecule has 0 unspecified atom stereocenters. The highest BCUT2D eigenvalue weighted by Crippen LogP contribution is 2.32. The van der Waals surface area contributed by atoms with Crippen LogP contribution in [-0.4, -0.2) is 27.7 Å². The lowest BCUT2D eigenvalue weighted by atomic mass is 10.0. The lowest BCUT2D eigenvalue weighted by Gasteiger charge is -2.21. The molecule has 0 radical (unpaired) electrons. The molecule has 0 saturated heterocycles. The van der Waals surface area contributed by atoms with Crippen molar-refractivity contribution in [1.29, 1.82) is 0 Å². The van der Waals surface area contributed by atoms with Crippen molar-refractivity contribution in [2.45, 2.75) is 26.4 Å². The van der Waals surface area contributed by atoms with Gasteiger partial charge in [0.2, 0.25) is 12.7 Å². The average molecular weight is 380 g/mol. The van der Waals surface area contributed by atoms with E-state index >= 15 is 0 Å². The number of aromatic nitrogens is 3. The van der Waals surface area contributed by atoms with Crippen LogP contribution in [0.3, 0.4) is 0 Å². The van der Waals surface area contributed by atoms with Crippen molar-refractivity contribution in [1.82, 2.24) is 20.3 Å². The summed E-state index contributed by atoms with van der Waals surface area (Å²) in [4.78, 5) is 25.7. The maximum absolute atomic E-state index is 12.9. The molecule has 1 atom stereocenters. The summed E-state index contributed by atoms with van der Waals surface area (Å²) in [6, 6.07) is 11.7. The van der Waals surface area contributed by atoms with Crippen LogP contribution in [0.15, 0.2) is 47.3 Å². The smallest absolute Gasteiger partial charge is 0.278 e. The van der Waals surface area contributed by atoms with Gasteiger partial charge in [0, 0.05) is 6.54 Å². The van der Waals surface area contributed by atoms with Crippen LogP contribution in [0.25, 0.3) is 10.9 Å². The predicted molar refractivity (Wildman–Crippen MR) is 102 cm³/mol. The van der Waals surface area contributed by atoms with Crippen LogP contribution in [0.2, 0.25) is 0 Å². The first-order valence-electron chi connectivity index (χ1n) is 9.05. The molecule has 0 saturated carbocycles. The van der Waals surface area contributed by atoms with Gasteiger partial charge in [-0.2, -0.15) is 4.68 Å². The van der Waals surface area contributed by atoms with Crippen LogP contribution in [0.1, 0.15) is 25.5 Å². The van der Waals surface area contributed by atoms with E-state index in [1.165, 1.54) is 4.68 Å². The summed E-state index contributed by atoms with van der Waals surface area (Å²) in [5.74, 6) is 0.904. The number of hydrogen-bond donors (Lipinski definition) is 1. The van der Waals surface area contributed by atoms with E-state index in [9.17, 15) is 9.59 Å². The molecule has 3 aromatic rings. The second-order valence-electron chi connectivity index (χ2n) is 6.95. The van der Waals surface area contributed by atoms with Crippen LogP contribution >= 0.6 is 0 Å².